The summed E-state index contributed by atoms with van der Waals surface area (Å²) >= 11 is 0. The summed E-state index contributed by atoms with van der Waals surface area (Å²) in [6.07, 6.45) is 4.22. The van der Waals surface area contributed by atoms with Crippen molar-refractivity contribution in [3.8, 4) is 0 Å². The Morgan fingerprint density at radius 3 is 3.23 bits per heavy atom. The van der Waals surface area contributed by atoms with Crippen LogP contribution in [0.1, 0.15) is 32.6 Å². The molecule has 2 saturated heterocycles. The Labute approximate surface area is 79.5 Å². The number of nitrogens with zero attached hydrogens (tertiary/aromatic N) is 1. The third kappa shape index (κ3) is 1.57. The van der Waals surface area contributed by atoms with E-state index in [1.54, 1.807) is 0 Å². The largest absolute Gasteiger partial charge is 0.338 e. The van der Waals surface area contributed by atoms with Crippen LogP contribution in [0.4, 0.5) is 0 Å². The van der Waals surface area contributed by atoms with Gasteiger partial charge < -0.3 is 10.2 Å². The van der Waals surface area contributed by atoms with Crippen LogP contribution in [0.2, 0.25) is 0 Å². The molecule has 0 aromatic rings. The fourth-order valence-electron chi connectivity index (χ4n) is 2.54. The van der Waals surface area contributed by atoms with Gasteiger partial charge in [-0.1, -0.05) is 6.92 Å². The molecule has 0 bridgehead atoms. The summed E-state index contributed by atoms with van der Waals surface area (Å²) in [6, 6.07) is 0.953. The molecule has 74 valence electrons. The highest BCUT2D eigenvalue weighted by atomic mass is 16.2. The maximum absolute atomic E-state index is 11.6. The van der Waals surface area contributed by atoms with Crippen molar-refractivity contribution in [2.75, 3.05) is 13.1 Å². The third-order valence-electron chi connectivity index (χ3n) is 3.13. The SMILES string of the molecule is CCCN1C(=O)CC2NCCCC21. The zero-order chi connectivity index (χ0) is 9.26. The van der Waals surface area contributed by atoms with Gasteiger partial charge in [-0.05, 0) is 25.8 Å². The van der Waals surface area contributed by atoms with Crippen LogP contribution in [0.3, 0.4) is 0 Å². The van der Waals surface area contributed by atoms with E-state index in [4.69, 9.17) is 0 Å². The van der Waals surface area contributed by atoms with E-state index in [-0.39, 0.29) is 0 Å². The van der Waals surface area contributed by atoms with Gasteiger partial charge >= 0.3 is 0 Å². The molecule has 2 unspecified atom stereocenters. The highest BCUT2D eigenvalue weighted by molar-refractivity contribution is 5.80. The number of carbonyl (C=O) groups excluding carboxylic acids is 1. The summed E-state index contributed by atoms with van der Waals surface area (Å²) < 4.78 is 0. The summed E-state index contributed by atoms with van der Waals surface area (Å²) in [5.74, 6) is 0.353. The van der Waals surface area contributed by atoms with E-state index in [2.05, 4.69) is 17.1 Å². The van der Waals surface area contributed by atoms with Crippen LogP contribution in [0.15, 0.2) is 0 Å². The molecule has 3 nitrogen and oxygen atoms in total. The van der Waals surface area contributed by atoms with Gasteiger partial charge in [0.1, 0.15) is 0 Å². The van der Waals surface area contributed by atoms with E-state index in [9.17, 15) is 4.79 Å². The lowest BCUT2D eigenvalue weighted by Gasteiger charge is -2.32. The van der Waals surface area contributed by atoms with Gasteiger partial charge in [0.15, 0.2) is 0 Å². The number of rotatable bonds is 2. The van der Waals surface area contributed by atoms with E-state index < -0.39 is 0 Å². The lowest BCUT2D eigenvalue weighted by atomic mass is 9.99. The van der Waals surface area contributed by atoms with Crippen LogP contribution < -0.4 is 5.32 Å². The zero-order valence-corrected chi connectivity index (χ0v) is 8.25. The van der Waals surface area contributed by atoms with E-state index in [0.29, 0.717) is 18.0 Å². The molecule has 0 radical (unpaired) electrons. The van der Waals surface area contributed by atoms with Crippen molar-refractivity contribution in [2.24, 2.45) is 0 Å². The predicted molar refractivity (Wildman–Crippen MR) is 51.4 cm³/mol. The van der Waals surface area contributed by atoms with Crippen LogP contribution >= 0.6 is 0 Å². The molecule has 13 heavy (non-hydrogen) atoms. The standard InChI is InChI=1S/C10H18N2O/c1-2-6-12-9-4-3-5-11-8(9)7-10(12)13/h8-9,11H,2-7H2,1H3. The summed E-state index contributed by atoms with van der Waals surface area (Å²) in [5, 5.41) is 3.44. The fraction of sp³-hybridized carbons (Fsp3) is 0.900. The number of hydrogen-bond acceptors (Lipinski definition) is 2. The van der Waals surface area contributed by atoms with Crippen molar-refractivity contribution in [3.05, 3.63) is 0 Å². The Balaban J connectivity index is 2.04. The Hall–Kier alpha value is -0.570. The molecule has 0 aromatic heterocycles. The van der Waals surface area contributed by atoms with Gasteiger partial charge in [-0.3, -0.25) is 4.79 Å². The lowest BCUT2D eigenvalue weighted by molar-refractivity contribution is -0.129. The predicted octanol–water partition coefficient (Wildman–Crippen LogP) is 0.749. The van der Waals surface area contributed by atoms with Crippen molar-refractivity contribution in [1.29, 1.82) is 0 Å². The molecule has 2 aliphatic rings. The first kappa shape index (κ1) is 9.00. The minimum atomic E-state index is 0.353. The zero-order valence-electron chi connectivity index (χ0n) is 8.25. The molecule has 1 N–H and O–H groups in total. The molecule has 2 rings (SSSR count). The maximum atomic E-state index is 11.6. The van der Waals surface area contributed by atoms with Gasteiger partial charge in [-0.2, -0.15) is 0 Å². The number of piperidine rings is 1. The second-order valence-electron chi connectivity index (χ2n) is 4.06. The second kappa shape index (κ2) is 3.66. The number of fused-ring (bicyclic) bond motifs is 1. The molecule has 0 spiro atoms. The Kier molecular flexibility index (Phi) is 2.54. The van der Waals surface area contributed by atoms with Gasteiger partial charge in [0.25, 0.3) is 0 Å². The molecule has 0 aromatic carbocycles. The van der Waals surface area contributed by atoms with Gasteiger partial charge in [0, 0.05) is 25.0 Å². The van der Waals surface area contributed by atoms with E-state index >= 15 is 0 Å². The molecule has 3 heteroatoms. The fourth-order valence-corrected chi connectivity index (χ4v) is 2.54. The number of amides is 1. The molecular weight excluding hydrogens is 164 g/mol. The normalized spacial score (nSPS) is 33.6. The molecule has 0 aliphatic carbocycles. The Bertz CT molecular complexity index is 205. The van der Waals surface area contributed by atoms with Gasteiger partial charge in [0.2, 0.25) is 5.91 Å². The third-order valence-corrected chi connectivity index (χ3v) is 3.13. The number of hydrogen-bond donors (Lipinski definition) is 1. The van der Waals surface area contributed by atoms with Gasteiger partial charge in [0.05, 0.1) is 0 Å². The highest BCUT2D eigenvalue weighted by Gasteiger charge is 2.39. The van der Waals surface area contributed by atoms with E-state index in [0.717, 1.165) is 25.9 Å². The first-order chi connectivity index (χ1) is 6.33. The van der Waals surface area contributed by atoms with E-state index in [1.807, 2.05) is 0 Å². The number of nitrogens with one attached hydrogen (secondary N) is 1. The topological polar surface area (TPSA) is 32.3 Å². The molecule has 0 saturated carbocycles. The second-order valence-corrected chi connectivity index (χ2v) is 4.06. The van der Waals surface area contributed by atoms with Crippen molar-refractivity contribution >= 4 is 5.91 Å². The first-order valence-electron chi connectivity index (χ1n) is 5.35. The van der Waals surface area contributed by atoms with Crippen molar-refractivity contribution in [1.82, 2.24) is 10.2 Å². The average Bonchev–Trinajstić information content (AvgIpc) is 2.44. The molecule has 2 fully saturated rings. The van der Waals surface area contributed by atoms with Crippen molar-refractivity contribution in [3.63, 3.8) is 0 Å². The quantitative estimate of drug-likeness (QED) is 0.683. The lowest BCUT2D eigenvalue weighted by Crippen LogP contribution is -2.47. The molecule has 2 heterocycles. The van der Waals surface area contributed by atoms with Crippen LogP contribution in [-0.2, 0) is 4.79 Å². The van der Waals surface area contributed by atoms with Gasteiger partial charge in [-0.25, -0.2) is 0 Å². The van der Waals surface area contributed by atoms with Crippen LogP contribution in [-0.4, -0.2) is 36.0 Å². The van der Waals surface area contributed by atoms with Crippen LogP contribution in [0, 0.1) is 0 Å². The average molecular weight is 182 g/mol. The molecule has 1 amide bonds. The Morgan fingerprint density at radius 1 is 1.62 bits per heavy atom. The van der Waals surface area contributed by atoms with Crippen molar-refractivity contribution in [2.45, 2.75) is 44.7 Å². The van der Waals surface area contributed by atoms with Crippen molar-refractivity contribution < 1.29 is 4.79 Å². The summed E-state index contributed by atoms with van der Waals surface area (Å²) in [4.78, 5) is 13.7. The van der Waals surface area contributed by atoms with Crippen LogP contribution in [0.25, 0.3) is 0 Å². The molecule has 2 aliphatic heterocycles. The summed E-state index contributed by atoms with van der Waals surface area (Å²) in [5.41, 5.74) is 0. The smallest absolute Gasteiger partial charge is 0.224 e. The maximum Gasteiger partial charge on any atom is 0.224 e. The summed E-state index contributed by atoms with van der Waals surface area (Å²) in [6.45, 7) is 4.17. The minimum Gasteiger partial charge on any atom is -0.338 e. The monoisotopic (exact) mass is 182 g/mol. The molecule has 2 atom stereocenters. The minimum absolute atomic E-state index is 0.353. The van der Waals surface area contributed by atoms with Crippen LogP contribution in [0.5, 0.6) is 0 Å². The number of carbonyl (C=O) groups is 1. The first-order valence-corrected chi connectivity index (χ1v) is 5.35. The molecular formula is C10H18N2O. The summed E-state index contributed by atoms with van der Waals surface area (Å²) in [7, 11) is 0. The van der Waals surface area contributed by atoms with E-state index in [1.165, 1.54) is 12.8 Å². The number of likely N-dealkylation sites (tertiary alicyclic amines) is 1. The Morgan fingerprint density at radius 2 is 2.46 bits per heavy atom. The highest BCUT2D eigenvalue weighted by Crippen LogP contribution is 2.25. The van der Waals surface area contributed by atoms with Gasteiger partial charge in [-0.15, -0.1) is 0 Å².